The van der Waals surface area contributed by atoms with E-state index in [1.165, 1.54) is 7.05 Å². The fourth-order valence-electron chi connectivity index (χ4n) is 0.148. The largest absolute Gasteiger partial charge is 0.357 e. The highest BCUT2D eigenvalue weighted by atomic mass is 35.5. The molecule has 0 saturated heterocycles. The summed E-state index contributed by atoms with van der Waals surface area (Å²) in [7, 11) is 1.52. The third kappa shape index (κ3) is 5.68. The van der Waals surface area contributed by atoms with E-state index in [1.54, 1.807) is 0 Å². The molecule has 0 rings (SSSR count). The second-order valence-corrected chi connectivity index (χ2v) is 0.984. The molecule has 0 aliphatic carbocycles. The number of likely N-dealkylation sites (N-methyl/N-ethyl adjacent to an activating group) is 1. The summed E-state index contributed by atoms with van der Waals surface area (Å²) in [5.74, 6) is 4.32. The number of hydrogen-bond donors (Lipinski definition) is 2. The number of amides is 1. The molecular formula is C3H9ClN2O2. The molecule has 0 aromatic heterocycles. The third-order valence-corrected chi connectivity index (χ3v) is 0.493. The molecule has 50 valence electrons. The topological polar surface area (TPSA) is 64.3 Å². The number of hydrogen-bond acceptors (Lipinski definition) is 3. The molecule has 3 N–H and O–H groups in total. The number of carbonyl (C=O) groups is 1. The van der Waals surface area contributed by atoms with Crippen molar-refractivity contribution < 1.29 is 9.63 Å². The van der Waals surface area contributed by atoms with Gasteiger partial charge in [-0.05, 0) is 0 Å². The quantitative estimate of drug-likeness (QED) is 0.486. The van der Waals surface area contributed by atoms with Crippen LogP contribution in [0.4, 0.5) is 0 Å². The Hall–Kier alpha value is -0.320. The van der Waals surface area contributed by atoms with Crippen LogP contribution in [-0.2, 0) is 9.63 Å². The van der Waals surface area contributed by atoms with E-state index in [0.29, 0.717) is 0 Å². The summed E-state index contributed by atoms with van der Waals surface area (Å²) in [4.78, 5) is 14.1. The standard InChI is InChI=1S/C3H8N2O2.ClH/c1-5-3(6)2-7-4;/h2,4H2,1H3,(H,5,6);1H. The molecular weight excluding hydrogens is 131 g/mol. The Morgan fingerprint density at radius 2 is 2.38 bits per heavy atom. The first-order valence-corrected chi connectivity index (χ1v) is 1.83. The normalized spacial score (nSPS) is 7.25. The Kier molecular flexibility index (Phi) is 8.87. The average Bonchev–Trinajstić information content (AvgIpc) is 1.68. The van der Waals surface area contributed by atoms with Gasteiger partial charge in [-0.2, -0.15) is 0 Å². The van der Waals surface area contributed by atoms with Crippen molar-refractivity contribution in [3.63, 3.8) is 0 Å². The Balaban J connectivity index is 0. The van der Waals surface area contributed by atoms with Crippen molar-refractivity contribution >= 4 is 18.3 Å². The van der Waals surface area contributed by atoms with E-state index in [9.17, 15) is 4.79 Å². The van der Waals surface area contributed by atoms with E-state index >= 15 is 0 Å². The molecule has 1 amide bonds. The molecule has 5 heteroatoms. The first kappa shape index (κ1) is 10.6. The lowest BCUT2D eigenvalue weighted by Gasteiger charge is -1.92. The molecule has 0 atom stereocenters. The van der Waals surface area contributed by atoms with Crippen molar-refractivity contribution in [3.05, 3.63) is 0 Å². The molecule has 0 aromatic carbocycles. The van der Waals surface area contributed by atoms with Crippen LogP contribution in [0.5, 0.6) is 0 Å². The summed E-state index contributed by atoms with van der Waals surface area (Å²) in [6.45, 7) is -0.0729. The van der Waals surface area contributed by atoms with E-state index in [2.05, 4.69) is 16.1 Å². The number of halogens is 1. The van der Waals surface area contributed by atoms with Gasteiger partial charge in [-0.15, -0.1) is 12.4 Å². The van der Waals surface area contributed by atoms with Gasteiger partial charge in [-0.1, -0.05) is 0 Å². The lowest BCUT2D eigenvalue weighted by Crippen LogP contribution is -2.24. The highest BCUT2D eigenvalue weighted by molar-refractivity contribution is 5.85. The van der Waals surface area contributed by atoms with Crippen molar-refractivity contribution in [2.75, 3.05) is 13.7 Å². The second kappa shape index (κ2) is 6.68. The van der Waals surface area contributed by atoms with Gasteiger partial charge in [0.2, 0.25) is 5.91 Å². The number of carbonyl (C=O) groups excluding carboxylic acids is 1. The van der Waals surface area contributed by atoms with E-state index < -0.39 is 0 Å². The van der Waals surface area contributed by atoms with Crippen LogP contribution in [0.1, 0.15) is 0 Å². The van der Waals surface area contributed by atoms with Crippen LogP contribution in [0.2, 0.25) is 0 Å². The molecule has 8 heavy (non-hydrogen) atoms. The third-order valence-electron chi connectivity index (χ3n) is 0.493. The van der Waals surface area contributed by atoms with Crippen LogP contribution in [0.25, 0.3) is 0 Å². The van der Waals surface area contributed by atoms with Crippen LogP contribution in [-0.4, -0.2) is 19.6 Å². The zero-order valence-corrected chi connectivity index (χ0v) is 5.33. The van der Waals surface area contributed by atoms with E-state index in [4.69, 9.17) is 0 Å². The monoisotopic (exact) mass is 140 g/mol. The van der Waals surface area contributed by atoms with Crippen LogP contribution in [0.3, 0.4) is 0 Å². The van der Waals surface area contributed by atoms with Gasteiger partial charge >= 0.3 is 0 Å². The molecule has 0 aliphatic rings. The van der Waals surface area contributed by atoms with Gasteiger partial charge < -0.3 is 5.32 Å². The summed E-state index contributed by atoms with van der Waals surface area (Å²) >= 11 is 0. The second-order valence-electron chi connectivity index (χ2n) is 0.984. The minimum atomic E-state index is -0.220. The molecule has 0 aliphatic heterocycles. The van der Waals surface area contributed by atoms with Crippen molar-refractivity contribution in [3.8, 4) is 0 Å². The minimum Gasteiger partial charge on any atom is -0.357 e. The van der Waals surface area contributed by atoms with Gasteiger partial charge in [0.05, 0.1) is 0 Å². The Labute approximate surface area is 53.7 Å². The van der Waals surface area contributed by atoms with Gasteiger partial charge in [0.25, 0.3) is 0 Å². The highest BCUT2D eigenvalue weighted by Gasteiger charge is 1.91. The first-order valence-electron chi connectivity index (χ1n) is 1.83. The van der Waals surface area contributed by atoms with Crippen LogP contribution < -0.4 is 11.2 Å². The zero-order chi connectivity index (χ0) is 5.70. The average molecular weight is 141 g/mol. The fraction of sp³-hybridized carbons (Fsp3) is 0.667. The molecule has 0 saturated carbocycles. The lowest BCUT2D eigenvalue weighted by atomic mass is 10.7. The molecule has 0 fully saturated rings. The van der Waals surface area contributed by atoms with Crippen LogP contribution in [0, 0.1) is 0 Å². The summed E-state index contributed by atoms with van der Waals surface area (Å²) in [5, 5.41) is 2.32. The summed E-state index contributed by atoms with van der Waals surface area (Å²) in [5.41, 5.74) is 0. The number of nitrogens with one attached hydrogen (secondary N) is 1. The zero-order valence-electron chi connectivity index (χ0n) is 4.51. The molecule has 0 unspecified atom stereocenters. The molecule has 0 spiro atoms. The maximum atomic E-state index is 10.1. The maximum absolute atomic E-state index is 10.1. The van der Waals surface area contributed by atoms with Crippen molar-refractivity contribution in [1.82, 2.24) is 5.32 Å². The van der Waals surface area contributed by atoms with Gasteiger partial charge in [0.15, 0.2) is 0 Å². The van der Waals surface area contributed by atoms with Crippen LogP contribution >= 0.6 is 12.4 Å². The van der Waals surface area contributed by atoms with E-state index in [1.807, 2.05) is 0 Å². The smallest absolute Gasteiger partial charge is 0.247 e. The molecule has 4 nitrogen and oxygen atoms in total. The number of nitrogens with two attached hydrogens (primary N) is 1. The first-order chi connectivity index (χ1) is 3.31. The molecule has 0 aromatic rings. The summed E-state index contributed by atoms with van der Waals surface area (Å²) in [6, 6.07) is 0. The molecule has 0 bridgehead atoms. The Morgan fingerprint density at radius 3 is 2.50 bits per heavy atom. The van der Waals surface area contributed by atoms with E-state index in [-0.39, 0.29) is 24.9 Å². The molecule has 0 radical (unpaired) electrons. The van der Waals surface area contributed by atoms with Crippen molar-refractivity contribution in [2.45, 2.75) is 0 Å². The van der Waals surface area contributed by atoms with Gasteiger partial charge in [-0.3, -0.25) is 9.63 Å². The summed E-state index contributed by atoms with van der Waals surface area (Å²) < 4.78 is 0. The fourth-order valence-corrected chi connectivity index (χ4v) is 0.148. The predicted molar refractivity (Wildman–Crippen MR) is 31.5 cm³/mol. The SMILES string of the molecule is CNC(=O)CON.Cl. The number of rotatable bonds is 2. The Bertz CT molecular complexity index is 68.3. The Morgan fingerprint density at radius 1 is 1.88 bits per heavy atom. The summed E-state index contributed by atoms with van der Waals surface area (Å²) in [6.07, 6.45) is 0. The highest BCUT2D eigenvalue weighted by Crippen LogP contribution is 1.59. The minimum absolute atomic E-state index is 0. The van der Waals surface area contributed by atoms with Gasteiger partial charge in [-0.25, -0.2) is 5.90 Å². The molecule has 0 heterocycles. The maximum Gasteiger partial charge on any atom is 0.247 e. The lowest BCUT2D eigenvalue weighted by molar-refractivity contribution is -0.125. The van der Waals surface area contributed by atoms with Crippen molar-refractivity contribution in [2.24, 2.45) is 5.90 Å². The van der Waals surface area contributed by atoms with Gasteiger partial charge in [0, 0.05) is 7.05 Å². The van der Waals surface area contributed by atoms with E-state index in [0.717, 1.165) is 0 Å². The van der Waals surface area contributed by atoms with Crippen molar-refractivity contribution in [1.29, 1.82) is 0 Å². The van der Waals surface area contributed by atoms with Crippen LogP contribution in [0.15, 0.2) is 0 Å². The predicted octanol–water partition coefficient (Wildman–Crippen LogP) is -0.956. The van der Waals surface area contributed by atoms with Gasteiger partial charge in [0.1, 0.15) is 6.61 Å².